The van der Waals surface area contributed by atoms with Gasteiger partial charge in [0.05, 0.1) is 0 Å². The number of benzene rings is 1. The number of nitrogens with zero attached hydrogens (tertiary/aromatic N) is 1. The van der Waals surface area contributed by atoms with Crippen LogP contribution in [0.25, 0.3) is 0 Å². The SMILES string of the molecule is CCN1CCC(NS(=O)(=O)c2ccc(F)cc2F)CC1. The minimum atomic E-state index is -3.94. The number of halogens is 2. The molecule has 1 aromatic rings. The molecule has 0 spiro atoms. The van der Waals surface area contributed by atoms with Crippen molar-refractivity contribution in [1.29, 1.82) is 0 Å². The first-order valence-corrected chi connectivity index (χ1v) is 8.10. The molecule has 0 bridgehead atoms. The van der Waals surface area contributed by atoms with Gasteiger partial charge in [0.1, 0.15) is 16.5 Å². The standard InChI is InChI=1S/C13H18F2N2O2S/c1-2-17-7-5-11(6-8-17)16-20(18,19)13-4-3-10(14)9-12(13)15/h3-4,9,11,16H,2,5-8H2,1H3. The predicted molar refractivity (Wildman–Crippen MR) is 71.8 cm³/mol. The van der Waals surface area contributed by atoms with Crippen LogP contribution in [0.2, 0.25) is 0 Å². The Morgan fingerprint density at radius 3 is 2.50 bits per heavy atom. The lowest BCUT2D eigenvalue weighted by molar-refractivity contribution is 0.217. The van der Waals surface area contributed by atoms with Gasteiger partial charge in [0, 0.05) is 12.1 Å². The Balaban J connectivity index is 2.08. The maximum absolute atomic E-state index is 13.5. The molecule has 1 aliphatic heterocycles. The lowest BCUT2D eigenvalue weighted by Crippen LogP contribution is -2.44. The summed E-state index contributed by atoms with van der Waals surface area (Å²) in [6.07, 6.45) is 1.38. The van der Waals surface area contributed by atoms with Gasteiger partial charge in [0.25, 0.3) is 0 Å². The highest BCUT2D eigenvalue weighted by atomic mass is 32.2. The molecule has 7 heteroatoms. The Morgan fingerprint density at radius 2 is 1.95 bits per heavy atom. The Hall–Kier alpha value is -1.05. The Labute approximate surface area is 117 Å². The molecule has 1 fully saturated rings. The number of rotatable bonds is 4. The molecule has 112 valence electrons. The third-order valence-corrected chi connectivity index (χ3v) is 5.09. The van der Waals surface area contributed by atoms with Crippen LogP contribution in [0.4, 0.5) is 8.78 Å². The molecule has 0 aromatic heterocycles. The summed E-state index contributed by atoms with van der Waals surface area (Å²) in [5, 5.41) is 0. The molecule has 0 atom stereocenters. The Bertz CT molecular complexity index is 570. The maximum atomic E-state index is 13.5. The minimum Gasteiger partial charge on any atom is -0.303 e. The van der Waals surface area contributed by atoms with Gasteiger partial charge in [-0.15, -0.1) is 0 Å². The average molecular weight is 304 g/mol. The topological polar surface area (TPSA) is 49.4 Å². The number of hydrogen-bond donors (Lipinski definition) is 1. The number of likely N-dealkylation sites (tertiary alicyclic amines) is 1. The zero-order valence-electron chi connectivity index (χ0n) is 11.3. The zero-order chi connectivity index (χ0) is 14.8. The zero-order valence-corrected chi connectivity index (χ0v) is 12.1. The van der Waals surface area contributed by atoms with E-state index in [1.54, 1.807) is 0 Å². The van der Waals surface area contributed by atoms with Crippen LogP contribution in [-0.4, -0.2) is 39.0 Å². The van der Waals surface area contributed by atoms with Crippen LogP contribution in [0.5, 0.6) is 0 Å². The van der Waals surface area contributed by atoms with Crippen molar-refractivity contribution in [1.82, 2.24) is 9.62 Å². The van der Waals surface area contributed by atoms with E-state index in [-0.39, 0.29) is 6.04 Å². The third kappa shape index (κ3) is 3.53. The molecule has 1 saturated heterocycles. The number of sulfonamides is 1. The molecule has 0 saturated carbocycles. The molecular weight excluding hydrogens is 286 g/mol. The molecule has 1 heterocycles. The Kier molecular flexibility index (Phi) is 4.72. The van der Waals surface area contributed by atoms with Gasteiger partial charge in [-0.2, -0.15) is 0 Å². The molecule has 0 radical (unpaired) electrons. The van der Waals surface area contributed by atoms with Crippen LogP contribution in [-0.2, 0) is 10.0 Å². The van der Waals surface area contributed by atoms with Crippen molar-refractivity contribution in [3.8, 4) is 0 Å². The highest BCUT2D eigenvalue weighted by Crippen LogP contribution is 2.18. The smallest absolute Gasteiger partial charge is 0.243 e. The molecule has 1 N–H and O–H groups in total. The van der Waals surface area contributed by atoms with Gasteiger partial charge in [-0.25, -0.2) is 21.9 Å². The minimum absolute atomic E-state index is 0.202. The van der Waals surface area contributed by atoms with Crippen molar-refractivity contribution in [3.63, 3.8) is 0 Å². The van der Waals surface area contributed by atoms with Gasteiger partial charge in [0.2, 0.25) is 10.0 Å². The van der Waals surface area contributed by atoms with E-state index >= 15 is 0 Å². The average Bonchev–Trinajstić information content (AvgIpc) is 2.38. The van der Waals surface area contributed by atoms with Crippen LogP contribution in [0.3, 0.4) is 0 Å². The molecular formula is C13H18F2N2O2S. The highest BCUT2D eigenvalue weighted by Gasteiger charge is 2.26. The molecule has 1 aliphatic rings. The summed E-state index contributed by atoms with van der Waals surface area (Å²) in [5.41, 5.74) is 0. The molecule has 2 rings (SSSR count). The summed E-state index contributed by atoms with van der Waals surface area (Å²) >= 11 is 0. The van der Waals surface area contributed by atoms with Gasteiger partial charge >= 0.3 is 0 Å². The number of nitrogens with one attached hydrogen (secondary N) is 1. The fraction of sp³-hybridized carbons (Fsp3) is 0.538. The van der Waals surface area contributed by atoms with E-state index in [1.165, 1.54) is 0 Å². The summed E-state index contributed by atoms with van der Waals surface area (Å²) in [4.78, 5) is 1.72. The normalized spacial score (nSPS) is 18.4. The van der Waals surface area contributed by atoms with Crippen LogP contribution in [0, 0.1) is 11.6 Å². The summed E-state index contributed by atoms with van der Waals surface area (Å²) in [5.74, 6) is -1.86. The second-order valence-electron chi connectivity index (χ2n) is 4.90. The summed E-state index contributed by atoms with van der Waals surface area (Å²) in [7, 11) is -3.94. The fourth-order valence-electron chi connectivity index (χ4n) is 2.34. The lowest BCUT2D eigenvalue weighted by atomic mass is 10.1. The second-order valence-corrected chi connectivity index (χ2v) is 6.59. The van der Waals surface area contributed by atoms with Gasteiger partial charge in [0.15, 0.2) is 0 Å². The molecule has 0 aliphatic carbocycles. The van der Waals surface area contributed by atoms with E-state index in [2.05, 4.69) is 16.5 Å². The molecule has 20 heavy (non-hydrogen) atoms. The van der Waals surface area contributed by atoms with E-state index in [9.17, 15) is 17.2 Å². The van der Waals surface area contributed by atoms with Crippen molar-refractivity contribution in [3.05, 3.63) is 29.8 Å². The molecule has 1 aromatic carbocycles. The fourth-order valence-corrected chi connectivity index (χ4v) is 3.71. The molecule has 0 amide bonds. The second kappa shape index (κ2) is 6.15. The van der Waals surface area contributed by atoms with Crippen molar-refractivity contribution < 1.29 is 17.2 Å². The van der Waals surface area contributed by atoms with Gasteiger partial charge in [-0.05, 0) is 44.6 Å². The van der Waals surface area contributed by atoms with E-state index in [1.807, 2.05) is 0 Å². The largest absolute Gasteiger partial charge is 0.303 e. The van der Waals surface area contributed by atoms with E-state index < -0.39 is 26.6 Å². The van der Waals surface area contributed by atoms with Crippen LogP contribution < -0.4 is 4.72 Å². The van der Waals surface area contributed by atoms with Crippen molar-refractivity contribution in [2.75, 3.05) is 19.6 Å². The lowest BCUT2D eigenvalue weighted by Gasteiger charge is -2.31. The maximum Gasteiger partial charge on any atom is 0.243 e. The summed E-state index contributed by atoms with van der Waals surface area (Å²) in [6, 6.07) is 2.27. The summed E-state index contributed by atoms with van der Waals surface area (Å²) in [6.45, 7) is 4.62. The van der Waals surface area contributed by atoms with Gasteiger partial charge < -0.3 is 4.90 Å². The number of hydrogen-bond acceptors (Lipinski definition) is 3. The predicted octanol–water partition coefficient (Wildman–Crippen LogP) is 1.73. The first-order valence-electron chi connectivity index (χ1n) is 6.62. The van der Waals surface area contributed by atoms with Crippen LogP contribution in [0.15, 0.2) is 23.1 Å². The molecule has 4 nitrogen and oxygen atoms in total. The van der Waals surface area contributed by atoms with Crippen LogP contribution in [0.1, 0.15) is 19.8 Å². The Morgan fingerprint density at radius 1 is 1.30 bits per heavy atom. The highest BCUT2D eigenvalue weighted by molar-refractivity contribution is 7.89. The summed E-state index contributed by atoms with van der Waals surface area (Å²) < 4.78 is 53.1. The van der Waals surface area contributed by atoms with E-state index in [0.717, 1.165) is 31.8 Å². The molecule has 0 unspecified atom stereocenters. The van der Waals surface area contributed by atoms with Crippen LogP contribution >= 0.6 is 0 Å². The van der Waals surface area contributed by atoms with Gasteiger partial charge in [-0.1, -0.05) is 6.92 Å². The van der Waals surface area contributed by atoms with Gasteiger partial charge in [-0.3, -0.25) is 0 Å². The van der Waals surface area contributed by atoms with E-state index in [4.69, 9.17) is 0 Å². The van der Waals surface area contributed by atoms with Crippen molar-refractivity contribution in [2.45, 2.75) is 30.7 Å². The van der Waals surface area contributed by atoms with E-state index in [0.29, 0.717) is 18.9 Å². The number of piperidine rings is 1. The van der Waals surface area contributed by atoms with Crippen molar-refractivity contribution in [2.24, 2.45) is 0 Å². The quantitative estimate of drug-likeness (QED) is 0.921. The third-order valence-electron chi connectivity index (χ3n) is 3.54. The first-order chi connectivity index (χ1) is 9.42. The first kappa shape index (κ1) is 15.3. The van der Waals surface area contributed by atoms with Crippen molar-refractivity contribution >= 4 is 10.0 Å². The monoisotopic (exact) mass is 304 g/mol.